The number of nitrogens with two attached hydrogens (primary N) is 1. The zero-order chi connectivity index (χ0) is 14.7. The first-order valence-corrected chi connectivity index (χ1v) is 8.29. The second-order valence-electron chi connectivity index (χ2n) is 6.18. The fourth-order valence-corrected chi connectivity index (χ4v) is 3.83. The molecule has 4 nitrogen and oxygen atoms in total. The van der Waals surface area contributed by atoms with Crippen LogP contribution < -0.4 is 5.73 Å². The Kier molecular flexibility index (Phi) is 5.64. The summed E-state index contributed by atoms with van der Waals surface area (Å²) in [4.78, 5) is 0. The Hall–Kier alpha value is -0.390. The molecule has 0 saturated heterocycles. The number of halogens is 1. The Bertz CT molecular complexity index is 433. The molecule has 0 spiro atoms. The highest BCUT2D eigenvalue weighted by Crippen LogP contribution is 2.40. The van der Waals surface area contributed by atoms with Crippen molar-refractivity contribution >= 4 is 15.9 Å². The summed E-state index contributed by atoms with van der Waals surface area (Å²) in [6.45, 7) is 6.09. The van der Waals surface area contributed by atoms with Crippen molar-refractivity contribution in [1.29, 1.82) is 0 Å². The van der Waals surface area contributed by atoms with Gasteiger partial charge in [-0.3, -0.25) is 4.68 Å². The van der Waals surface area contributed by atoms with E-state index in [0.29, 0.717) is 12.5 Å². The first kappa shape index (κ1) is 16.0. The van der Waals surface area contributed by atoms with Crippen molar-refractivity contribution in [2.75, 3.05) is 13.7 Å². The van der Waals surface area contributed by atoms with Crippen molar-refractivity contribution in [3.63, 3.8) is 0 Å². The smallest absolute Gasteiger partial charge is 0.0658 e. The summed E-state index contributed by atoms with van der Waals surface area (Å²) >= 11 is 3.65. The molecule has 1 fully saturated rings. The summed E-state index contributed by atoms with van der Waals surface area (Å²) in [6, 6.07) is 0.235. The molecule has 0 aromatic carbocycles. The third-order valence-electron chi connectivity index (χ3n) is 4.58. The van der Waals surface area contributed by atoms with Gasteiger partial charge in [-0.05, 0) is 47.0 Å². The largest absolute Gasteiger partial charge is 0.383 e. The van der Waals surface area contributed by atoms with Gasteiger partial charge in [0.25, 0.3) is 0 Å². The van der Waals surface area contributed by atoms with Crippen LogP contribution in [-0.2, 0) is 11.3 Å². The van der Waals surface area contributed by atoms with E-state index in [9.17, 15) is 0 Å². The summed E-state index contributed by atoms with van der Waals surface area (Å²) < 4.78 is 8.31. The van der Waals surface area contributed by atoms with Crippen molar-refractivity contribution in [1.82, 2.24) is 9.78 Å². The third kappa shape index (κ3) is 3.43. The average molecular weight is 344 g/mol. The molecule has 1 heterocycles. The summed E-state index contributed by atoms with van der Waals surface area (Å²) in [5.74, 6) is 1.88. The van der Waals surface area contributed by atoms with Crippen LogP contribution in [-0.4, -0.2) is 29.5 Å². The molecule has 1 saturated carbocycles. The van der Waals surface area contributed by atoms with Crippen molar-refractivity contribution in [2.24, 2.45) is 17.6 Å². The van der Waals surface area contributed by atoms with Crippen LogP contribution in [0.3, 0.4) is 0 Å². The number of nitrogens with zero attached hydrogens (tertiary/aromatic N) is 2. The van der Waals surface area contributed by atoms with Gasteiger partial charge in [-0.15, -0.1) is 0 Å². The number of methoxy groups -OCH3 is 1. The summed E-state index contributed by atoms with van der Waals surface area (Å²) in [5, 5.41) is 4.47. The van der Waals surface area contributed by atoms with E-state index in [1.54, 1.807) is 7.11 Å². The van der Waals surface area contributed by atoms with Crippen LogP contribution in [0.4, 0.5) is 0 Å². The molecule has 20 heavy (non-hydrogen) atoms. The highest BCUT2D eigenvalue weighted by atomic mass is 79.9. The van der Waals surface area contributed by atoms with Crippen LogP contribution in [0, 0.1) is 11.8 Å². The van der Waals surface area contributed by atoms with Crippen LogP contribution in [0.25, 0.3) is 0 Å². The van der Waals surface area contributed by atoms with Gasteiger partial charge in [0.05, 0.1) is 29.5 Å². The molecule has 1 aromatic heterocycles. The van der Waals surface area contributed by atoms with Crippen LogP contribution in [0.2, 0.25) is 0 Å². The zero-order valence-corrected chi connectivity index (χ0v) is 14.3. The number of hydrogen-bond acceptors (Lipinski definition) is 3. The predicted octanol–water partition coefficient (Wildman–Crippen LogP) is 3.16. The molecular weight excluding hydrogens is 318 g/mol. The molecule has 2 rings (SSSR count). The molecule has 1 aliphatic rings. The zero-order valence-electron chi connectivity index (χ0n) is 12.7. The lowest BCUT2D eigenvalue weighted by atomic mass is 9.73. The van der Waals surface area contributed by atoms with E-state index in [4.69, 9.17) is 10.5 Å². The van der Waals surface area contributed by atoms with Crippen LogP contribution >= 0.6 is 15.9 Å². The van der Waals surface area contributed by atoms with Crippen molar-refractivity contribution in [2.45, 2.75) is 51.6 Å². The molecule has 3 unspecified atom stereocenters. The average Bonchev–Trinajstić information content (AvgIpc) is 2.78. The minimum atomic E-state index is 0.235. The van der Waals surface area contributed by atoms with E-state index in [0.717, 1.165) is 35.7 Å². The Morgan fingerprint density at radius 1 is 1.50 bits per heavy atom. The molecule has 1 aliphatic carbocycles. The van der Waals surface area contributed by atoms with Gasteiger partial charge < -0.3 is 10.5 Å². The Morgan fingerprint density at radius 2 is 2.25 bits per heavy atom. The predicted molar refractivity (Wildman–Crippen MR) is 84.7 cm³/mol. The van der Waals surface area contributed by atoms with Crippen molar-refractivity contribution < 1.29 is 4.74 Å². The molecule has 3 atom stereocenters. The van der Waals surface area contributed by atoms with E-state index >= 15 is 0 Å². The molecular formula is C15H26BrN3O. The van der Waals surface area contributed by atoms with Gasteiger partial charge in [0, 0.05) is 19.1 Å². The maximum atomic E-state index is 6.41. The maximum absolute atomic E-state index is 6.41. The van der Waals surface area contributed by atoms with Gasteiger partial charge >= 0.3 is 0 Å². The van der Waals surface area contributed by atoms with E-state index in [2.05, 4.69) is 39.6 Å². The summed E-state index contributed by atoms with van der Waals surface area (Å²) in [7, 11) is 1.72. The number of ether oxygens (including phenoxy) is 1. The molecule has 1 aromatic rings. The number of hydrogen-bond donors (Lipinski definition) is 1. The van der Waals surface area contributed by atoms with Gasteiger partial charge in [-0.2, -0.15) is 5.10 Å². The van der Waals surface area contributed by atoms with Gasteiger partial charge in [-0.1, -0.05) is 13.8 Å². The fourth-order valence-electron chi connectivity index (χ4n) is 3.24. The minimum absolute atomic E-state index is 0.235. The first-order chi connectivity index (χ1) is 9.54. The lowest BCUT2D eigenvalue weighted by Crippen LogP contribution is -2.37. The highest BCUT2D eigenvalue weighted by Gasteiger charge is 2.33. The SMILES string of the molecule is COCCn1ncc(Br)c1C1CC(C(C)C)CCC1N. The number of aromatic nitrogens is 2. The minimum Gasteiger partial charge on any atom is -0.383 e. The maximum Gasteiger partial charge on any atom is 0.0658 e. The van der Waals surface area contributed by atoms with E-state index in [-0.39, 0.29) is 6.04 Å². The second-order valence-corrected chi connectivity index (χ2v) is 7.04. The molecule has 0 aliphatic heterocycles. The van der Waals surface area contributed by atoms with E-state index in [1.807, 2.05) is 6.20 Å². The highest BCUT2D eigenvalue weighted by molar-refractivity contribution is 9.10. The number of rotatable bonds is 5. The van der Waals surface area contributed by atoms with Crippen LogP contribution in [0.15, 0.2) is 10.7 Å². The van der Waals surface area contributed by atoms with Gasteiger partial charge in [0.2, 0.25) is 0 Å². The van der Waals surface area contributed by atoms with Crippen LogP contribution in [0.1, 0.15) is 44.7 Å². The first-order valence-electron chi connectivity index (χ1n) is 7.50. The molecule has 0 amide bonds. The third-order valence-corrected chi connectivity index (χ3v) is 5.19. The molecule has 0 radical (unpaired) electrons. The quantitative estimate of drug-likeness (QED) is 0.893. The monoisotopic (exact) mass is 343 g/mol. The lowest BCUT2D eigenvalue weighted by Gasteiger charge is -2.36. The molecule has 114 valence electrons. The van der Waals surface area contributed by atoms with Gasteiger partial charge in [0.1, 0.15) is 0 Å². The molecule has 0 bridgehead atoms. The molecule has 5 heteroatoms. The van der Waals surface area contributed by atoms with Crippen LogP contribution in [0.5, 0.6) is 0 Å². The lowest BCUT2D eigenvalue weighted by molar-refractivity contribution is 0.178. The summed E-state index contributed by atoms with van der Waals surface area (Å²) in [6.07, 6.45) is 5.40. The summed E-state index contributed by atoms with van der Waals surface area (Å²) in [5.41, 5.74) is 7.66. The Labute approximate surface area is 130 Å². The van der Waals surface area contributed by atoms with Crippen molar-refractivity contribution in [3.8, 4) is 0 Å². The fraction of sp³-hybridized carbons (Fsp3) is 0.800. The van der Waals surface area contributed by atoms with Crippen molar-refractivity contribution in [3.05, 3.63) is 16.4 Å². The second kappa shape index (κ2) is 7.05. The van der Waals surface area contributed by atoms with Gasteiger partial charge in [-0.25, -0.2) is 0 Å². The normalized spacial score (nSPS) is 27.2. The van der Waals surface area contributed by atoms with Gasteiger partial charge in [0.15, 0.2) is 0 Å². The van der Waals surface area contributed by atoms with E-state index < -0.39 is 0 Å². The molecule has 2 N–H and O–H groups in total. The topological polar surface area (TPSA) is 53.1 Å². The Balaban J connectivity index is 2.21. The van der Waals surface area contributed by atoms with E-state index in [1.165, 1.54) is 12.1 Å². The Morgan fingerprint density at radius 3 is 2.90 bits per heavy atom. The standard InChI is InChI=1S/C15H26BrN3O/c1-10(2)11-4-5-14(17)12(8-11)15-13(16)9-18-19(15)6-7-20-3/h9-12,14H,4-8,17H2,1-3H3.